The summed E-state index contributed by atoms with van der Waals surface area (Å²) in [5.41, 5.74) is 1.24. The Morgan fingerprint density at radius 3 is 2.00 bits per heavy atom. The van der Waals surface area contributed by atoms with Crippen LogP contribution in [-0.2, 0) is 6.04 Å². The van der Waals surface area contributed by atoms with Gasteiger partial charge in [-0.05, 0) is 29.8 Å². The van der Waals surface area contributed by atoms with Crippen molar-refractivity contribution in [2.45, 2.75) is 6.04 Å². The predicted molar refractivity (Wildman–Crippen MR) is 50.1 cm³/mol. The average molecular weight is 191 g/mol. The van der Waals surface area contributed by atoms with Gasteiger partial charge in [0.05, 0.1) is 0 Å². The molecule has 0 spiro atoms. The van der Waals surface area contributed by atoms with Crippen molar-refractivity contribution >= 4 is 33.4 Å². The molecule has 1 rings (SSSR count). The molecule has 0 amide bonds. The lowest BCUT2D eigenvalue weighted by Crippen LogP contribution is -1.82. The fourth-order valence-corrected chi connectivity index (χ4v) is 1.79. The summed E-state index contributed by atoms with van der Waals surface area (Å²) in [4.78, 5) is 0. The molecule has 0 aliphatic carbocycles. The van der Waals surface area contributed by atoms with Gasteiger partial charge in [-0.3, -0.25) is 0 Å². The Labute approximate surface area is 73.6 Å². The molecule has 10 heavy (non-hydrogen) atoms. The molecule has 0 aliphatic rings. The van der Waals surface area contributed by atoms with E-state index < -0.39 is 0 Å². The fourth-order valence-electron chi connectivity index (χ4n) is 0.815. The van der Waals surface area contributed by atoms with Crippen molar-refractivity contribution in [3.8, 4) is 0 Å². The van der Waals surface area contributed by atoms with Crippen LogP contribution in [0.25, 0.3) is 0 Å². The molecule has 0 aromatic heterocycles. The number of halogens is 2. The topological polar surface area (TPSA) is 0 Å². The lowest BCUT2D eigenvalue weighted by atomic mass is 10.2. The second-order valence-electron chi connectivity index (χ2n) is 2.13. The summed E-state index contributed by atoms with van der Waals surface area (Å²) in [6.07, 6.45) is 0. The van der Waals surface area contributed by atoms with Crippen LogP contribution in [0.3, 0.4) is 0 Å². The van der Waals surface area contributed by atoms with Crippen molar-refractivity contribution in [3.05, 3.63) is 33.8 Å². The van der Waals surface area contributed by atoms with Crippen molar-refractivity contribution in [1.29, 1.82) is 0 Å². The predicted octanol–water partition coefficient (Wildman–Crippen LogP) is 1.86. The number of benzene rings is 1. The van der Waals surface area contributed by atoms with E-state index in [2.05, 4.69) is 0 Å². The minimum atomic E-state index is 0.735. The summed E-state index contributed by atoms with van der Waals surface area (Å²) in [6.45, 7) is 0. The molecule has 1 aromatic rings. The highest BCUT2D eigenvalue weighted by Gasteiger charge is 1.94. The van der Waals surface area contributed by atoms with Gasteiger partial charge >= 0.3 is 0 Å². The van der Waals surface area contributed by atoms with Crippen LogP contribution in [0.5, 0.6) is 0 Å². The van der Waals surface area contributed by atoms with Crippen molar-refractivity contribution in [1.82, 2.24) is 0 Å². The molecule has 3 heteroatoms. The van der Waals surface area contributed by atoms with E-state index in [0.717, 1.165) is 26.3 Å². The minimum absolute atomic E-state index is 0.735. The molecule has 0 saturated carbocycles. The Bertz CT molecular complexity index is 215. The Morgan fingerprint density at radius 1 is 1.10 bits per heavy atom. The first-order chi connectivity index (χ1) is 4.72. The molecule has 0 nitrogen and oxygen atoms in total. The van der Waals surface area contributed by atoms with E-state index in [1.165, 1.54) is 5.56 Å². The number of hydrogen-bond donors (Lipinski definition) is 0. The summed E-state index contributed by atoms with van der Waals surface area (Å²) in [5, 5.41) is 1.47. The number of rotatable bonds is 1. The maximum absolute atomic E-state index is 5.76. The van der Waals surface area contributed by atoms with Gasteiger partial charge in [-0.15, -0.1) is 0 Å². The Hall–Kier alpha value is 0.0169. The first-order valence-corrected chi connectivity index (χ1v) is 5.34. The SMILES string of the molecule is [SiH3]Cc1cc(Cl)cc(Cl)c1. The lowest BCUT2D eigenvalue weighted by molar-refractivity contribution is 1.40. The zero-order valence-electron chi connectivity index (χ0n) is 5.70. The minimum Gasteiger partial charge on any atom is -0.0843 e. The van der Waals surface area contributed by atoms with Gasteiger partial charge < -0.3 is 0 Å². The largest absolute Gasteiger partial charge is 0.0843 e. The zero-order valence-corrected chi connectivity index (χ0v) is 9.21. The van der Waals surface area contributed by atoms with Crippen LogP contribution in [0.15, 0.2) is 18.2 Å². The fraction of sp³-hybridized carbons (Fsp3) is 0.143. The first-order valence-electron chi connectivity index (χ1n) is 3.17. The van der Waals surface area contributed by atoms with E-state index in [1.54, 1.807) is 6.07 Å². The quantitative estimate of drug-likeness (QED) is 0.594. The molecule has 0 heterocycles. The molecule has 54 valence electrons. The maximum Gasteiger partial charge on any atom is 0.0423 e. The van der Waals surface area contributed by atoms with Crippen LogP contribution in [0, 0.1) is 0 Å². The van der Waals surface area contributed by atoms with E-state index in [1.807, 2.05) is 12.1 Å². The summed E-state index contributed by atoms with van der Waals surface area (Å²) in [5.74, 6) is 0. The highest BCUT2D eigenvalue weighted by molar-refractivity contribution is 6.34. The maximum atomic E-state index is 5.76. The van der Waals surface area contributed by atoms with Crippen molar-refractivity contribution < 1.29 is 0 Å². The zero-order chi connectivity index (χ0) is 7.56. The van der Waals surface area contributed by atoms with Gasteiger partial charge in [0.2, 0.25) is 0 Å². The smallest absolute Gasteiger partial charge is 0.0423 e. The summed E-state index contributed by atoms with van der Waals surface area (Å²) in [6, 6.07) is 6.78. The highest BCUT2D eigenvalue weighted by atomic mass is 35.5. The molecular weight excluding hydrogens is 183 g/mol. The van der Waals surface area contributed by atoms with Gasteiger partial charge in [0.15, 0.2) is 0 Å². The van der Waals surface area contributed by atoms with Gasteiger partial charge in [-0.2, -0.15) is 0 Å². The van der Waals surface area contributed by atoms with Crippen LogP contribution in [0.2, 0.25) is 10.0 Å². The summed E-state index contributed by atoms with van der Waals surface area (Å²) >= 11 is 11.5. The van der Waals surface area contributed by atoms with Crippen LogP contribution in [0.4, 0.5) is 0 Å². The van der Waals surface area contributed by atoms with Crippen LogP contribution < -0.4 is 0 Å². The van der Waals surface area contributed by atoms with Gasteiger partial charge in [0, 0.05) is 20.3 Å². The van der Waals surface area contributed by atoms with E-state index in [4.69, 9.17) is 23.2 Å². The van der Waals surface area contributed by atoms with Gasteiger partial charge in [0.25, 0.3) is 0 Å². The third-order valence-corrected chi connectivity index (χ3v) is 2.58. The normalized spacial score (nSPS) is 10.2. The first kappa shape index (κ1) is 8.12. The average Bonchev–Trinajstić information content (AvgIpc) is 1.85. The number of hydrogen-bond acceptors (Lipinski definition) is 0. The molecular formula is C7H8Cl2Si. The molecule has 0 radical (unpaired) electrons. The molecule has 0 fully saturated rings. The van der Waals surface area contributed by atoms with Crippen LogP contribution in [-0.4, -0.2) is 10.2 Å². The van der Waals surface area contributed by atoms with Crippen LogP contribution in [0.1, 0.15) is 5.56 Å². The summed E-state index contributed by atoms with van der Waals surface area (Å²) < 4.78 is 0. The Kier molecular flexibility index (Phi) is 2.78. The van der Waals surface area contributed by atoms with E-state index in [9.17, 15) is 0 Å². The van der Waals surface area contributed by atoms with E-state index in [-0.39, 0.29) is 0 Å². The van der Waals surface area contributed by atoms with Crippen LogP contribution >= 0.6 is 23.2 Å². The third-order valence-electron chi connectivity index (χ3n) is 1.33. The molecule has 0 aliphatic heterocycles. The van der Waals surface area contributed by atoms with Gasteiger partial charge in [-0.25, -0.2) is 0 Å². The second kappa shape index (κ2) is 3.42. The van der Waals surface area contributed by atoms with Crippen molar-refractivity contribution in [2.24, 2.45) is 0 Å². The second-order valence-corrected chi connectivity index (χ2v) is 3.71. The van der Waals surface area contributed by atoms with E-state index >= 15 is 0 Å². The Balaban J connectivity index is 3.06. The monoisotopic (exact) mass is 190 g/mol. The standard InChI is InChI=1S/C7H8Cl2Si/c8-6-1-5(4-10)2-7(9)3-6/h1-3H,4H2,10H3. The lowest BCUT2D eigenvalue weighted by Gasteiger charge is -1.97. The van der Waals surface area contributed by atoms with Gasteiger partial charge in [-0.1, -0.05) is 23.2 Å². The van der Waals surface area contributed by atoms with Crippen molar-refractivity contribution in [2.75, 3.05) is 0 Å². The molecule has 0 unspecified atom stereocenters. The van der Waals surface area contributed by atoms with E-state index in [0.29, 0.717) is 0 Å². The molecule has 1 aromatic carbocycles. The summed E-state index contributed by atoms with van der Waals surface area (Å²) in [7, 11) is 1.16. The van der Waals surface area contributed by atoms with Crippen molar-refractivity contribution in [3.63, 3.8) is 0 Å². The van der Waals surface area contributed by atoms with Gasteiger partial charge in [0.1, 0.15) is 0 Å². The molecule has 0 N–H and O–H groups in total. The third kappa shape index (κ3) is 2.01. The molecule has 0 bridgehead atoms. The molecule has 0 saturated heterocycles. The Morgan fingerprint density at radius 2 is 1.60 bits per heavy atom. The molecule has 0 atom stereocenters. The highest BCUT2D eigenvalue weighted by Crippen LogP contribution is 2.18.